The Bertz CT molecular complexity index is 119. The highest BCUT2D eigenvalue weighted by Gasteiger charge is 2.42. The van der Waals surface area contributed by atoms with E-state index in [1.165, 1.54) is 0 Å². The SMILES string of the molecule is COC(OC)(OC)C1CCOC1. The first-order chi connectivity index (χ1) is 5.79. The molecule has 4 heteroatoms. The van der Waals surface area contributed by atoms with Crippen LogP contribution in [0.2, 0.25) is 0 Å². The van der Waals surface area contributed by atoms with Crippen molar-refractivity contribution in [1.29, 1.82) is 0 Å². The van der Waals surface area contributed by atoms with E-state index in [1.54, 1.807) is 21.3 Å². The number of hydrogen-bond donors (Lipinski definition) is 0. The van der Waals surface area contributed by atoms with Crippen molar-refractivity contribution in [2.45, 2.75) is 12.4 Å². The Morgan fingerprint density at radius 3 is 2.08 bits per heavy atom. The summed E-state index contributed by atoms with van der Waals surface area (Å²) < 4.78 is 20.8. The summed E-state index contributed by atoms with van der Waals surface area (Å²) >= 11 is 0. The molecule has 0 bridgehead atoms. The van der Waals surface area contributed by atoms with Gasteiger partial charge in [0.1, 0.15) is 0 Å². The fraction of sp³-hybridized carbons (Fsp3) is 1.00. The first-order valence-electron chi connectivity index (χ1n) is 4.02. The zero-order valence-corrected chi connectivity index (χ0v) is 7.83. The quantitative estimate of drug-likeness (QED) is 0.588. The van der Waals surface area contributed by atoms with Crippen LogP contribution in [0.25, 0.3) is 0 Å². The van der Waals surface area contributed by atoms with Gasteiger partial charge in [0.2, 0.25) is 0 Å². The number of hydrogen-bond acceptors (Lipinski definition) is 4. The molecular formula is C8H16O4. The third kappa shape index (κ3) is 1.61. The summed E-state index contributed by atoms with van der Waals surface area (Å²) in [5.74, 6) is -0.756. The highest BCUT2D eigenvalue weighted by Crippen LogP contribution is 2.30. The third-order valence-electron chi connectivity index (χ3n) is 2.28. The van der Waals surface area contributed by atoms with Crippen LogP contribution in [0.3, 0.4) is 0 Å². The van der Waals surface area contributed by atoms with E-state index in [0.29, 0.717) is 6.61 Å². The molecule has 0 aromatic rings. The summed E-state index contributed by atoms with van der Waals surface area (Å²) in [5.41, 5.74) is 0. The molecule has 0 saturated carbocycles. The van der Waals surface area contributed by atoms with Gasteiger partial charge in [-0.3, -0.25) is 0 Å². The first-order valence-corrected chi connectivity index (χ1v) is 4.02. The van der Waals surface area contributed by atoms with Gasteiger partial charge < -0.3 is 18.9 Å². The number of rotatable bonds is 4. The molecule has 1 rings (SSSR count). The average Bonchev–Trinajstić information content (AvgIpc) is 2.62. The fourth-order valence-electron chi connectivity index (χ4n) is 1.56. The summed E-state index contributed by atoms with van der Waals surface area (Å²) in [4.78, 5) is 0. The maximum Gasteiger partial charge on any atom is 0.287 e. The van der Waals surface area contributed by atoms with E-state index in [9.17, 15) is 0 Å². The molecule has 1 fully saturated rings. The van der Waals surface area contributed by atoms with Crippen molar-refractivity contribution in [3.63, 3.8) is 0 Å². The highest BCUT2D eigenvalue weighted by atomic mass is 16.9. The Kier molecular flexibility index (Phi) is 3.46. The van der Waals surface area contributed by atoms with E-state index < -0.39 is 5.97 Å². The summed E-state index contributed by atoms with van der Waals surface area (Å²) in [6, 6.07) is 0. The van der Waals surface area contributed by atoms with Crippen molar-refractivity contribution in [3.8, 4) is 0 Å². The molecule has 1 saturated heterocycles. The summed E-state index contributed by atoms with van der Waals surface area (Å²) in [5, 5.41) is 0. The Morgan fingerprint density at radius 1 is 1.17 bits per heavy atom. The van der Waals surface area contributed by atoms with Crippen LogP contribution < -0.4 is 0 Å². The Morgan fingerprint density at radius 2 is 1.75 bits per heavy atom. The van der Waals surface area contributed by atoms with E-state index in [0.717, 1.165) is 13.0 Å². The average molecular weight is 176 g/mol. The van der Waals surface area contributed by atoms with Crippen LogP contribution >= 0.6 is 0 Å². The number of methoxy groups -OCH3 is 3. The van der Waals surface area contributed by atoms with E-state index in [4.69, 9.17) is 18.9 Å². The van der Waals surface area contributed by atoms with Crippen molar-refractivity contribution in [2.24, 2.45) is 5.92 Å². The second-order valence-corrected chi connectivity index (χ2v) is 2.78. The molecule has 12 heavy (non-hydrogen) atoms. The largest absolute Gasteiger partial charge is 0.381 e. The maximum absolute atomic E-state index is 5.23. The minimum atomic E-state index is -0.920. The van der Waals surface area contributed by atoms with Crippen LogP contribution in [-0.2, 0) is 18.9 Å². The normalized spacial score (nSPS) is 24.8. The standard InChI is InChI=1S/C8H16O4/c1-9-8(10-2,11-3)7-4-5-12-6-7/h7H,4-6H2,1-3H3. The number of ether oxygens (including phenoxy) is 4. The van der Waals surface area contributed by atoms with E-state index >= 15 is 0 Å². The van der Waals surface area contributed by atoms with Gasteiger partial charge in [0.05, 0.1) is 12.5 Å². The Hall–Kier alpha value is -0.160. The van der Waals surface area contributed by atoms with Gasteiger partial charge in [-0.05, 0) is 6.42 Å². The van der Waals surface area contributed by atoms with Gasteiger partial charge in [-0.15, -0.1) is 0 Å². The molecule has 0 spiro atoms. The minimum absolute atomic E-state index is 0.164. The molecule has 0 aromatic carbocycles. The van der Waals surface area contributed by atoms with Gasteiger partial charge in [-0.25, -0.2) is 0 Å². The summed E-state index contributed by atoms with van der Waals surface area (Å²) in [7, 11) is 4.72. The third-order valence-corrected chi connectivity index (χ3v) is 2.28. The van der Waals surface area contributed by atoms with E-state index in [-0.39, 0.29) is 5.92 Å². The lowest BCUT2D eigenvalue weighted by Gasteiger charge is -2.33. The Labute approximate surface area is 72.7 Å². The molecule has 0 N–H and O–H groups in total. The molecule has 1 heterocycles. The Balaban J connectivity index is 2.61. The van der Waals surface area contributed by atoms with Gasteiger partial charge >= 0.3 is 0 Å². The fourth-order valence-corrected chi connectivity index (χ4v) is 1.56. The topological polar surface area (TPSA) is 36.9 Å². The van der Waals surface area contributed by atoms with Crippen LogP contribution in [0.15, 0.2) is 0 Å². The molecule has 1 aliphatic rings. The van der Waals surface area contributed by atoms with Gasteiger partial charge in [0.25, 0.3) is 5.97 Å². The van der Waals surface area contributed by atoms with Crippen LogP contribution in [-0.4, -0.2) is 40.5 Å². The highest BCUT2D eigenvalue weighted by molar-refractivity contribution is 4.74. The van der Waals surface area contributed by atoms with Crippen LogP contribution in [0.1, 0.15) is 6.42 Å². The lowest BCUT2D eigenvalue weighted by atomic mass is 10.1. The molecule has 0 amide bonds. The van der Waals surface area contributed by atoms with Crippen molar-refractivity contribution < 1.29 is 18.9 Å². The summed E-state index contributed by atoms with van der Waals surface area (Å²) in [6.45, 7) is 1.39. The molecule has 1 atom stereocenters. The molecule has 0 radical (unpaired) electrons. The molecule has 1 unspecified atom stereocenters. The zero-order valence-electron chi connectivity index (χ0n) is 7.83. The first kappa shape index (κ1) is 9.92. The predicted octanol–water partition coefficient (Wildman–Crippen LogP) is 0.616. The van der Waals surface area contributed by atoms with Gasteiger partial charge in [-0.1, -0.05) is 0 Å². The van der Waals surface area contributed by atoms with Crippen LogP contribution in [0.5, 0.6) is 0 Å². The maximum atomic E-state index is 5.23. The monoisotopic (exact) mass is 176 g/mol. The van der Waals surface area contributed by atoms with Gasteiger partial charge in [0.15, 0.2) is 0 Å². The second kappa shape index (κ2) is 4.18. The predicted molar refractivity (Wildman–Crippen MR) is 42.7 cm³/mol. The van der Waals surface area contributed by atoms with Crippen molar-refractivity contribution >= 4 is 0 Å². The molecule has 0 aromatic heterocycles. The van der Waals surface area contributed by atoms with Crippen molar-refractivity contribution in [2.75, 3.05) is 34.5 Å². The van der Waals surface area contributed by atoms with Crippen LogP contribution in [0, 0.1) is 5.92 Å². The molecule has 1 aliphatic heterocycles. The second-order valence-electron chi connectivity index (χ2n) is 2.78. The van der Waals surface area contributed by atoms with E-state index in [1.807, 2.05) is 0 Å². The van der Waals surface area contributed by atoms with Gasteiger partial charge in [0, 0.05) is 27.9 Å². The zero-order chi connectivity index (χ0) is 9.03. The lowest BCUT2D eigenvalue weighted by Crippen LogP contribution is -2.44. The smallest absolute Gasteiger partial charge is 0.287 e. The molecule has 72 valence electrons. The van der Waals surface area contributed by atoms with E-state index in [2.05, 4.69) is 0 Å². The minimum Gasteiger partial charge on any atom is -0.381 e. The molecular weight excluding hydrogens is 160 g/mol. The van der Waals surface area contributed by atoms with Gasteiger partial charge in [-0.2, -0.15) is 0 Å². The summed E-state index contributed by atoms with van der Waals surface area (Å²) in [6.07, 6.45) is 0.912. The molecule has 0 aliphatic carbocycles. The molecule has 4 nitrogen and oxygen atoms in total. The van der Waals surface area contributed by atoms with Crippen molar-refractivity contribution in [1.82, 2.24) is 0 Å². The van der Waals surface area contributed by atoms with Crippen LogP contribution in [0.4, 0.5) is 0 Å². The van der Waals surface area contributed by atoms with Crippen molar-refractivity contribution in [3.05, 3.63) is 0 Å². The lowest BCUT2D eigenvalue weighted by molar-refractivity contribution is -0.377.